The van der Waals surface area contributed by atoms with Crippen LogP contribution in [0.4, 0.5) is 0 Å². The fourth-order valence-corrected chi connectivity index (χ4v) is 2.77. The smallest absolute Gasteiger partial charge is 0.261 e. The monoisotopic (exact) mass is 337 g/mol. The van der Waals surface area contributed by atoms with Crippen molar-refractivity contribution in [2.24, 2.45) is 0 Å². The SMILES string of the molecule is C/C=C/CNC(=O)c1cc(Br)c(Br)s1. The molecule has 0 saturated heterocycles. The molecule has 1 aromatic heterocycles. The minimum absolute atomic E-state index is 0.0421. The molecule has 76 valence electrons. The van der Waals surface area contributed by atoms with Gasteiger partial charge in [-0.25, -0.2) is 0 Å². The lowest BCUT2D eigenvalue weighted by Crippen LogP contribution is -2.22. The van der Waals surface area contributed by atoms with Crippen LogP contribution < -0.4 is 5.32 Å². The normalized spacial score (nSPS) is 10.8. The minimum Gasteiger partial charge on any atom is -0.348 e. The van der Waals surface area contributed by atoms with Crippen molar-refractivity contribution >= 4 is 49.1 Å². The molecule has 0 aliphatic rings. The van der Waals surface area contributed by atoms with E-state index in [1.807, 2.05) is 19.1 Å². The maximum Gasteiger partial charge on any atom is 0.261 e. The summed E-state index contributed by atoms with van der Waals surface area (Å²) in [5.41, 5.74) is 0. The summed E-state index contributed by atoms with van der Waals surface area (Å²) in [6.45, 7) is 2.49. The van der Waals surface area contributed by atoms with E-state index in [9.17, 15) is 4.79 Å². The van der Waals surface area contributed by atoms with E-state index in [4.69, 9.17) is 0 Å². The summed E-state index contributed by atoms with van der Waals surface area (Å²) in [5.74, 6) is -0.0421. The number of nitrogens with one attached hydrogen (secondary N) is 1. The fraction of sp³-hybridized carbons (Fsp3) is 0.222. The van der Waals surface area contributed by atoms with Gasteiger partial charge in [-0.1, -0.05) is 12.2 Å². The van der Waals surface area contributed by atoms with Crippen LogP contribution in [0, 0.1) is 0 Å². The molecule has 14 heavy (non-hydrogen) atoms. The zero-order valence-electron chi connectivity index (χ0n) is 7.51. The summed E-state index contributed by atoms with van der Waals surface area (Å²) in [4.78, 5) is 12.2. The first-order chi connectivity index (χ1) is 6.65. The Morgan fingerprint density at radius 3 is 2.86 bits per heavy atom. The molecule has 1 rings (SSSR count). The number of allylic oxidation sites excluding steroid dienone is 1. The molecule has 2 nitrogen and oxygen atoms in total. The van der Waals surface area contributed by atoms with Gasteiger partial charge in [-0.15, -0.1) is 11.3 Å². The first-order valence-corrected chi connectivity index (χ1v) is 6.39. The van der Waals surface area contributed by atoms with Crippen LogP contribution in [0.2, 0.25) is 0 Å². The molecule has 1 N–H and O–H groups in total. The highest BCUT2D eigenvalue weighted by molar-refractivity contribution is 9.13. The van der Waals surface area contributed by atoms with E-state index in [0.717, 1.165) is 8.26 Å². The summed E-state index contributed by atoms with van der Waals surface area (Å²) in [6, 6.07) is 1.81. The second-order valence-corrected chi connectivity index (χ2v) is 5.74. The van der Waals surface area contributed by atoms with Crippen molar-refractivity contribution in [1.29, 1.82) is 0 Å². The Bertz CT molecular complexity index is 340. The predicted molar refractivity (Wildman–Crippen MR) is 66.9 cm³/mol. The highest BCUT2D eigenvalue weighted by Gasteiger charge is 2.10. The van der Waals surface area contributed by atoms with Crippen LogP contribution in [0.3, 0.4) is 0 Å². The van der Waals surface area contributed by atoms with Crippen molar-refractivity contribution in [1.82, 2.24) is 5.32 Å². The zero-order chi connectivity index (χ0) is 10.6. The molecule has 5 heteroatoms. The molecule has 0 aromatic carbocycles. The van der Waals surface area contributed by atoms with E-state index in [1.54, 1.807) is 6.07 Å². The molecule has 0 saturated carbocycles. The summed E-state index contributed by atoms with van der Waals surface area (Å²) in [5, 5.41) is 2.78. The minimum atomic E-state index is -0.0421. The molecular weight excluding hydrogens is 330 g/mol. The van der Waals surface area contributed by atoms with Gasteiger partial charge in [0.15, 0.2) is 0 Å². The van der Waals surface area contributed by atoms with Crippen molar-refractivity contribution in [3.63, 3.8) is 0 Å². The highest BCUT2D eigenvalue weighted by atomic mass is 79.9. The van der Waals surface area contributed by atoms with Crippen LogP contribution in [0.25, 0.3) is 0 Å². The van der Waals surface area contributed by atoms with Crippen LogP contribution in [-0.2, 0) is 0 Å². The van der Waals surface area contributed by atoms with Gasteiger partial charge in [-0.3, -0.25) is 4.79 Å². The predicted octanol–water partition coefficient (Wildman–Crippen LogP) is 3.58. The standard InChI is InChI=1S/C9H9Br2NOS/c1-2-3-4-12-9(13)7-5-6(10)8(11)14-7/h2-3,5H,4H2,1H3,(H,12,13)/b3-2+. The maximum absolute atomic E-state index is 11.5. The van der Waals surface area contributed by atoms with Gasteiger partial charge in [0.25, 0.3) is 5.91 Å². The number of carbonyl (C=O) groups is 1. The van der Waals surface area contributed by atoms with Gasteiger partial charge in [0, 0.05) is 11.0 Å². The van der Waals surface area contributed by atoms with Crippen LogP contribution in [0.15, 0.2) is 26.5 Å². The van der Waals surface area contributed by atoms with E-state index in [1.165, 1.54) is 11.3 Å². The van der Waals surface area contributed by atoms with Crippen molar-refractivity contribution in [2.45, 2.75) is 6.92 Å². The summed E-state index contributed by atoms with van der Waals surface area (Å²) < 4.78 is 1.85. The van der Waals surface area contributed by atoms with Gasteiger partial charge < -0.3 is 5.32 Å². The largest absolute Gasteiger partial charge is 0.348 e. The number of amides is 1. The van der Waals surface area contributed by atoms with Crippen molar-refractivity contribution in [3.05, 3.63) is 31.4 Å². The van der Waals surface area contributed by atoms with Crippen LogP contribution in [0.5, 0.6) is 0 Å². The summed E-state index contributed by atoms with van der Waals surface area (Å²) >= 11 is 8.09. The van der Waals surface area contributed by atoms with Crippen LogP contribution >= 0.6 is 43.2 Å². The number of halogens is 2. The number of rotatable bonds is 3. The van der Waals surface area contributed by atoms with E-state index >= 15 is 0 Å². The molecule has 1 heterocycles. The third-order valence-electron chi connectivity index (χ3n) is 1.49. The van der Waals surface area contributed by atoms with Gasteiger partial charge in [0.2, 0.25) is 0 Å². The average Bonchev–Trinajstić information content (AvgIpc) is 2.47. The Morgan fingerprint density at radius 1 is 1.64 bits per heavy atom. The Hall–Kier alpha value is -0.130. The van der Waals surface area contributed by atoms with E-state index in [2.05, 4.69) is 37.2 Å². The molecule has 0 atom stereocenters. The summed E-state index contributed by atoms with van der Waals surface area (Å²) in [6.07, 6.45) is 3.80. The number of hydrogen-bond donors (Lipinski definition) is 1. The van der Waals surface area contributed by atoms with Crippen LogP contribution in [0.1, 0.15) is 16.6 Å². The van der Waals surface area contributed by atoms with Gasteiger partial charge in [-0.2, -0.15) is 0 Å². The van der Waals surface area contributed by atoms with Gasteiger partial charge in [0.1, 0.15) is 0 Å². The molecule has 0 spiro atoms. The Labute approximate surface area is 104 Å². The van der Waals surface area contributed by atoms with E-state index < -0.39 is 0 Å². The maximum atomic E-state index is 11.5. The molecule has 0 aliphatic heterocycles. The lowest BCUT2D eigenvalue weighted by Gasteiger charge is -1.97. The van der Waals surface area contributed by atoms with E-state index in [0.29, 0.717) is 11.4 Å². The third-order valence-corrected chi connectivity index (χ3v) is 4.74. The average molecular weight is 339 g/mol. The Morgan fingerprint density at radius 2 is 2.36 bits per heavy atom. The molecule has 1 amide bonds. The van der Waals surface area contributed by atoms with Gasteiger partial charge >= 0.3 is 0 Å². The second kappa shape index (κ2) is 5.68. The lowest BCUT2D eigenvalue weighted by atomic mass is 10.4. The summed E-state index contributed by atoms with van der Waals surface area (Å²) in [7, 11) is 0. The Balaban J connectivity index is 2.61. The number of hydrogen-bond acceptors (Lipinski definition) is 2. The molecular formula is C9H9Br2NOS. The third kappa shape index (κ3) is 3.22. The molecule has 0 aliphatic carbocycles. The quantitative estimate of drug-likeness (QED) is 0.838. The van der Waals surface area contributed by atoms with Crippen LogP contribution in [-0.4, -0.2) is 12.5 Å². The van der Waals surface area contributed by atoms with Crippen molar-refractivity contribution < 1.29 is 4.79 Å². The first kappa shape index (κ1) is 11.9. The molecule has 1 aromatic rings. The highest BCUT2D eigenvalue weighted by Crippen LogP contribution is 2.32. The van der Waals surface area contributed by atoms with Gasteiger partial charge in [-0.05, 0) is 44.8 Å². The number of thiophene rings is 1. The van der Waals surface area contributed by atoms with Crippen molar-refractivity contribution in [3.8, 4) is 0 Å². The van der Waals surface area contributed by atoms with E-state index in [-0.39, 0.29) is 5.91 Å². The topological polar surface area (TPSA) is 29.1 Å². The zero-order valence-corrected chi connectivity index (χ0v) is 11.5. The first-order valence-electron chi connectivity index (χ1n) is 3.99. The van der Waals surface area contributed by atoms with Gasteiger partial charge in [0.05, 0.1) is 8.66 Å². The molecule has 0 radical (unpaired) electrons. The van der Waals surface area contributed by atoms with Crippen molar-refractivity contribution in [2.75, 3.05) is 6.54 Å². The molecule has 0 fully saturated rings. The number of carbonyl (C=O) groups excluding carboxylic acids is 1. The molecule has 0 unspecified atom stereocenters. The second-order valence-electron chi connectivity index (χ2n) is 2.51. The fourth-order valence-electron chi connectivity index (χ4n) is 0.815. The molecule has 0 bridgehead atoms. The Kier molecular flexibility index (Phi) is 4.84. The lowest BCUT2D eigenvalue weighted by molar-refractivity contribution is 0.0962.